The van der Waals surface area contributed by atoms with Crippen LogP contribution in [0.4, 0.5) is 11.5 Å². The van der Waals surface area contributed by atoms with Gasteiger partial charge in [-0.25, -0.2) is 0 Å². The molecule has 0 spiro atoms. The lowest BCUT2D eigenvalue weighted by Crippen LogP contribution is -2.25. The van der Waals surface area contributed by atoms with Crippen LogP contribution >= 0.6 is 0 Å². The molecule has 5 heteroatoms. The molecule has 0 aliphatic heterocycles. The maximum Gasteiger partial charge on any atom is 0.272 e. The van der Waals surface area contributed by atoms with Gasteiger partial charge in [-0.05, 0) is 43.7 Å². The second-order valence-corrected chi connectivity index (χ2v) is 4.86. The number of carbonyl (C=O) groups is 1. The molecule has 0 radical (unpaired) electrons. The standard InChI is InChI=1S/C17H20N4O/c1-4-11-18-17(22)15-9-10-16(20-19-15)21(5-2)14-8-6-7-13(3)12-14/h4,6-10,12H,1,5,11H2,2-3H3,(H,18,22). The summed E-state index contributed by atoms with van der Waals surface area (Å²) in [6, 6.07) is 11.7. The van der Waals surface area contributed by atoms with Crippen molar-refractivity contribution in [2.24, 2.45) is 0 Å². The first-order valence-electron chi connectivity index (χ1n) is 7.22. The number of benzene rings is 1. The number of amides is 1. The summed E-state index contributed by atoms with van der Waals surface area (Å²) in [5, 5.41) is 10.9. The SMILES string of the molecule is C=CCNC(=O)c1ccc(N(CC)c2cccc(C)c2)nn1. The van der Waals surface area contributed by atoms with Gasteiger partial charge in [0.05, 0.1) is 0 Å². The van der Waals surface area contributed by atoms with E-state index < -0.39 is 0 Å². The van der Waals surface area contributed by atoms with Crippen LogP contribution in [0.1, 0.15) is 23.0 Å². The van der Waals surface area contributed by atoms with E-state index >= 15 is 0 Å². The highest BCUT2D eigenvalue weighted by atomic mass is 16.1. The number of hydrogen-bond acceptors (Lipinski definition) is 4. The van der Waals surface area contributed by atoms with Crippen molar-refractivity contribution >= 4 is 17.4 Å². The Balaban J connectivity index is 2.20. The van der Waals surface area contributed by atoms with Gasteiger partial charge in [-0.2, -0.15) is 0 Å². The zero-order valence-corrected chi connectivity index (χ0v) is 12.9. The first-order valence-corrected chi connectivity index (χ1v) is 7.22. The van der Waals surface area contributed by atoms with E-state index in [0.717, 1.165) is 12.2 Å². The van der Waals surface area contributed by atoms with Gasteiger partial charge in [0.15, 0.2) is 11.5 Å². The molecule has 1 aromatic heterocycles. The first kappa shape index (κ1) is 15.7. The van der Waals surface area contributed by atoms with Crippen molar-refractivity contribution in [3.05, 3.63) is 60.3 Å². The normalized spacial score (nSPS) is 10.1. The van der Waals surface area contributed by atoms with Crippen LogP contribution in [-0.2, 0) is 0 Å². The molecule has 1 N–H and O–H groups in total. The predicted molar refractivity (Wildman–Crippen MR) is 88.4 cm³/mol. The minimum Gasteiger partial charge on any atom is -0.347 e. The highest BCUT2D eigenvalue weighted by Crippen LogP contribution is 2.23. The van der Waals surface area contributed by atoms with Gasteiger partial charge in [0, 0.05) is 18.8 Å². The zero-order chi connectivity index (χ0) is 15.9. The molecule has 0 bridgehead atoms. The van der Waals surface area contributed by atoms with Crippen LogP contribution in [-0.4, -0.2) is 29.2 Å². The fourth-order valence-electron chi connectivity index (χ4n) is 2.12. The number of rotatable bonds is 6. The molecule has 0 fully saturated rings. The van der Waals surface area contributed by atoms with Crippen LogP contribution in [0, 0.1) is 6.92 Å². The van der Waals surface area contributed by atoms with Gasteiger partial charge in [0.1, 0.15) is 0 Å². The van der Waals surface area contributed by atoms with Gasteiger partial charge in [0.25, 0.3) is 5.91 Å². The number of nitrogens with zero attached hydrogens (tertiary/aromatic N) is 3. The summed E-state index contributed by atoms with van der Waals surface area (Å²) in [6.07, 6.45) is 1.62. The molecule has 0 saturated heterocycles. The molecule has 114 valence electrons. The van der Waals surface area contributed by atoms with Crippen LogP contribution in [0.15, 0.2) is 49.1 Å². The largest absolute Gasteiger partial charge is 0.347 e. The van der Waals surface area contributed by atoms with E-state index in [4.69, 9.17) is 0 Å². The van der Waals surface area contributed by atoms with E-state index in [1.54, 1.807) is 12.1 Å². The third-order valence-corrected chi connectivity index (χ3v) is 3.20. The Kier molecular flexibility index (Phi) is 5.25. The summed E-state index contributed by atoms with van der Waals surface area (Å²) >= 11 is 0. The Morgan fingerprint density at radius 3 is 2.73 bits per heavy atom. The van der Waals surface area contributed by atoms with Crippen molar-refractivity contribution in [2.75, 3.05) is 18.0 Å². The molecular formula is C17H20N4O. The van der Waals surface area contributed by atoms with E-state index in [-0.39, 0.29) is 5.91 Å². The molecule has 0 atom stereocenters. The van der Waals surface area contributed by atoms with Crippen LogP contribution in [0.5, 0.6) is 0 Å². The summed E-state index contributed by atoms with van der Waals surface area (Å²) in [5.74, 6) is 0.464. The maximum absolute atomic E-state index is 11.8. The Bertz CT molecular complexity index is 652. The second kappa shape index (κ2) is 7.36. The molecule has 0 unspecified atom stereocenters. The lowest BCUT2D eigenvalue weighted by Gasteiger charge is -2.21. The Labute approximate surface area is 130 Å². The van der Waals surface area contributed by atoms with E-state index in [0.29, 0.717) is 18.1 Å². The highest BCUT2D eigenvalue weighted by Gasteiger charge is 2.12. The van der Waals surface area contributed by atoms with Crippen molar-refractivity contribution < 1.29 is 4.79 Å². The molecule has 1 amide bonds. The molecule has 0 saturated carbocycles. The van der Waals surface area contributed by atoms with Gasteiger partial charge >= 0.3 is 0 Å². The van der Waals surface area contributed by atoms with Crippen molar-refractivity contribution in [3.63, 3.8) is 0 Å². The number of hydrogen-bond donors (Lipinski definition) is 1. The van der Waals surface area contributed by atoms with E-state index in [1.807, 2.05) is 23.1 Å². The minimum absolute atomic E-state index is 0.252. The van der Waals surface area contributed by atoms with Crippen LogP contribution < -0.4 is 10.2 Å². The third-order valence-electron chi connectivity index (χ3n) is 3.20. The van der Waals surface area contributed by atoms with Crippen molar-refractivity contribution in [3.8, 4) is 0 Å². The topological polar surface area (TPSA) is 58.1 Å². The Hall–Kier alpha value is -2.69. The lowest BCUT2D eigenvalue weighted by atomic mass is 10.2. The van der Waals surface area contributed by atoms with E-state index in [1.165, 1.54) is 5.56 Å². The van der Waals surface area contributed by atoms with Gasteiger partial charge < -0.3 is 10.2 Å². The quantitative estimate of drug-likeness (QED) is 0.833. The number of carbonyl (C=O) groups excluding carboxylic acids is 1. The zero-order valence-electron chi connectivity index (χ0n) is 12.9. The third kappa shape index (κ3) is 3.69. The summed E-state index contributed by atoms with van der Waals surface area (Å²) < 4.78 is 0. The van der Waals surface area contributed by atoms with Crippen LogP contribution in [0.3, 0.4) is 0 Å². The molecule has 1 heterocycles. The van der Waals surface area contributed by atoms with Gasteiger partial charge in [-0.1, -0.05) is 18.2 Å². The van der Waals surface area contributed by atoms with E-state index in [2.05, 4.69) is 48.1 Å². The smallest absolute Gasteiger partial charge is 0.272 e. The monoisotopic (exact) mass is 296 g/mol. The van der Waals surface area contributed by atoms with Crippen molar-refractivity contribution in [1.29, 1.82) is 0 Å². The summed E-state index contributed by atoms with van der Waals surface area (Å²) in [4.78, 5) is 13.8. The number of aromatic nitrogens is 2. The number of nitrogens with one attached hydrogen (secondary N) is 1. The van der Waals surface area contributed by atoms with Crippen molar-refractivity contribution in [2.45, 2.75) is 13.8 Å². The van der Waals surface area contributed by atoms with Gasteiger partial charge in [-0.3, -0.25) is 4.79 Å². The molecule has 22 heavy (non-hydrogen) atoms. The summed E-state index contributed by atoms with van der Waals surface area (Å²) in [7, 11) is 0. The first-order chi connectivity index (χ1) is 10.7. The fraction of sp³-hybridized carbons (Fsp3) is 0.235. The lowest BCUT2D eigenvalue weighted by molar-refractivity contribution is 0.0952. The number of aryl methyl sites for hydroxylation is 1. The Morgan fingerprint density at radius 2 is 2.14 bits per heavy atom. The Morgan fingerprint density at radius 1 is 1.32 bits per heavy atom. The van der Waals surface area contributed by atoms with Gasteiger partial charge in [0.2, 0.25) is 0 Å². The second-order valence-electron chi connectivity index (χ2n) is 4.86. The fourth-order valence-corrected chi connectivity index (χ4v) is 2.12. The maximum atomic E-state index is 11.8. The molecular weight excluding hydrogens is 276 g/mol. The minimum atomic E-state index is -0.252. The average molecular weight is 296 g/mol. The molecule has 2 rings (SSSR count). The predicted octanol–water partition coefficient (Wildman–Crippen LogP) is 2.86. The van der Waals surface area contributed by atoms with Crippen LogP contribution in [0.25, 0.3) is 0 Å². The van der Waals surface area contributed by atoms with E-state index in [9.17, 15) is 4.79 Å². The molecule has 0 aliphatic rings. The van der Waals surface area contributed by atoms with Crippen molar-refractivity contribution in [1.82, 2.24) is 15.5 Å². The van der Waals surface area contributed by atoms with Gasteiger partial charge in [-0.15, -0.1) is 16.8 Å². The highest BCUT2D eigenvalue weighted by molar-refractivity contribution is 5.92. The molecule has 5 nitrogen and oxygen atoms in total. The summed E-state index contributed by atoms with van der Waals surface area (Å²) in [5.41, 5.74) is 2.54. The molecule has 0 aliphatic carbocycles. The number of anilines is 2. The molecule has 1 aromatic carbocycles. The van der Waals surface area contributed by atoms with Crippen LogP contribution in [0.2, 0.25) is 0 Å². The average Bonchev–Trinajstić information content (AvgIpc) is 2.54. The molecule has 2 aromatic rings. The summed E-state index contributed by atoms with van der Waals surface area (Å²) in [6.45, 7) is 8.83.